The zero-order valence-corrected chi connectivity index (χ0v) is 33.8. The highest BCUT2D eigenvalue weighted by atomic mass is 19.1. The lowest BCUT2D eigenvalue weighted by atomic mass is 9.94. The van der Waals surface area contributed by atoms with Crippen molar-refractivity contribution in [2.24, 2.45) is 5.92 Å². The number of nitrogens with one attached hydrogen (secondary N) is 1. The molecule has 7 rings (SSSR count). The number of anilines is 1. The number of β-amino-alcohol motifs (C(OH)–C–C–N with tert-alkyl or cyclic N) is 1. The molecule has 2 aromatic heterocycles. The number of ether oxygens (including phenoxy) is 2. The number of hydrogen-bond donors (Lipinski definition) is 3. The normalized spacial score (nSPS) is 22.2. The van der Waals surface area contributed by atoms with E-state index >= 15 is 8.78 Å². The van der Waals surface area contributed by atoms with Crippen LogP contribution in [0.25, 0.3) is 32.9 Å². The lowest BCUT2D eigenvalue weighted by molar-refractivity contribution is 0.0541. The standard InChI is InChI=1S/C44H58F2N6O5/c1-5-10-29(14-12-27(4)6-2)48-43(55)56-25-30-16-18-44(17-9-20-52(30)44)26-57-42-49-40-35(41(50-42)51-19-8-11-31(53)24-51)23-47-39(38(40)46)34-22-32(54)21-28-13-15-36(45)33(7-3)37(28)34/h13,15,21-23,27,29-31,53-54H,5-12,14,16-20,24-26H2,1-4H3,(H,48,55). The summed E-state index contributed by atoms with van der Waals surface area (Å²) in [6.07, 6.45) is 10.9. The third kappa shape index (κ3) is 8.60. The van der Waals surface area contributed by atoms with Crippen LogP contribution in [0, 0.1) is 17.6 Å². The molecule has 0 bridgehead atoms. The van der Waals surface area contributed by atoms with E-state index in [1.54, 1.807) is 6.07 Å². The first-order chi connectivity index (χ1) is 27.5. The van der Waals surface area contributed by atoms with Gasteiger partial charge in [0.1, 0.15) is 41.8 Å². The van der Waals surface area contributed by atoms with Gasteiger partial charge in [0.25, 0.3) is 0 Å². The second-order valence-corrected chi connectivity index (χ2v) is 16.5. The third-order valence-corrected chi connectivity index (χ3v) is 12.7. The number of benzene rings is 2. The fourth-order valence-corrected chi connectivity index (χ4v) is 9.39. The van der Waals surface area contributed by atoms with Crippen LogP contribution >= 0.6 is 0 Å². The van der Waals surface area contributed by atoms with Crippen LogP contribution in [0.15, 0.2) is 30.5 Å². The largest absolute Gasteiger partial charge is 0.508 e. The molecule has 0 aliphatic carbocycles. The molecule has 5 unspecified atom stereocenters. The first-order valence-corrected chi connectivity index (χ1v) is 21.1. The number of rotatable bonds is 15. The molecule has 0 spiro atoms. The highest BCUT2D eigenvalue weighted by Gasteiger charge is 2.50. The van der Waals surface area contributed by atoms with Crippen molar-refractivity contribution >= 4 is 33.6 Å². The summed E-state index contributed by atoms with van der Waals surface area (Å²) in [6, 6.07) is 6.03. The van der Waals surface area contributed by atoms with Crippen molar-refractivity contribution in [3.05, 3.63) is 47.7 Å². The molecule has 4 aromatic rings. The van der Waals surface area contributed by atoms with Gasteiger partial charge in [0.05, 0.1) is 17.0 Å². The quantitative estimate of drug-likeness (QED) is 0.108. The summed E-state index contributed by atoms with van der Waals surface area (Å²) in [5, 5.41) is 25.8. The molecule has 308 valence electrons. The molecule has 1 amide bonds. The zero-order chi connectivity index (χ0) is 40.3. The Bertz CT molecular complexity index is 2070. The number of phenolic OH excluding ortho intramolecular Hbond substituents is 1. The van der Waals surface area contributed by atoms with Gasteiger partial charge >= 0.3 is 12.1 Å². The second-order valence-electron chi connectivity index (χ2n) is 16.5. The van der Waals surface area contributed by atoms with Gasteiger partial charge in [-0.05, 0) is 111 Å². The average Bonchev–Trinajstić information content (AvgIpc) is 3.77. The first kappa shape index (κ1) is 40.8. The topological polar surface area (TPSA) is 133 Å². The number of aromatic hydroxyl groups is 1. The van der Waals surface area contributed by atoms with E-state index in [4.69, 9.17) is 14.5 Å². The van der Waals surface area contributed by atoms with E-state index in [9.17, 15) is 15.0 Å². The highest BCUT2D eigenvalue weighted by molar-refractivity contribution is 6.01. The third-order valence-electron chi connectivity index (χ3n) is 12.7. The number of alkyl carbamates (subject to hydrolysis) is 1. The molecular formula is C44H58F2N6O5. The van der Waals surface area contributed by atoms with Gasteiger partial charge in [-0.3, -0.25) is 9.88 Å². The molecule has 3 saturated heterocycles. The number of phenols is 1. The van der Waals surface area contributed by atoms with Crippen molar-refractivity contribution in [1.82, 2.24) is 25.2 Å². The maximum Gasteiger partial charge on any atom is 0.407 e. The minimum absolute atomic E-state index is 0.00864. The Morgan fingerprint density at radius 1 is 1.07 bits per heavy atom. The van der Waals surface area contributed by atoms with Gasteiger partial charge < -0.3 is 29.9 Å². The van der Waals surface area contributed by atoms with Crippen molar-refractivity contribution in [3.8, 4) is 23.0 Å². The summed E-state index contributed by atoms with van der Waals surface area (Å²) >= 11 is 0. The summed E-state index contributed by atoms with van der Waals surface area (Å²) in [7, 11) is 0. The fourth-order valence-electron chi connectivity index (χ4n) is 9.39. The number of aliphatic hydroxyl groups is 1. The van der Waals surface area contributed by atoms with Crippen LogP contribution < -0.4 is 15.0 Å². The Labute approximate surface area is 334 Å². The molecule has 57 heavy (non-hydrogen) atoms. The molecule has 2 aromatic carbocycles. The fraction of sp³-hybridized carbons (Fsp3) is 0.591. The van der Waals surface area contributed by atoms with Gasteiger partial charge in [0.2, 0.25) is 0 Å². The number of aromatic nitrogens is 3. The molecule has 3 N–H and O–H groups in total. The van der Waals surface area contributed by atoms with E-state index in [0.29, 0.717) is 66.0 Å². The number of amides is 1. The molecule has 5 atom stereocenters. The van der Waals surface area contributed by atoms with E-state index < -0.39 is 17.7 Å². The summed E-state index contributed by atoms with van der Waals surface area (Å²) < 4.78 is 44.4. The lowest BCUT2D eigenvalue weighted by Crippen LogP contribution is -2.48. The molecular weight excluding hydrogens is 731 g/mol. The minimum Gasteiger partial charge on any atom is -0.508 e. The SMILES string of the molecule is CCCC(CCC(C)CC)NC(=O)OCC1CCC2(COc3nc(N4CCCC(O)C4)c4cnc(-c5cc(O)cc6ccc(F)c(CC)c56)c(F)c4n3)CCCN12. The molecule has 3 fully saturated rings. The van der Waals surface area contributed by atoms with Crippen LogP contribution in [-0.4, -0.2) is 92.7 Å². The van der Waals surface area contributed by atoms with Crippen LogP contribution in [0.1, 0.15) is 104 Å². The van der Waals surface area contributed by atoms with Crippen LogP contribution in [0.4, 0.5) is 19.4 Å². The minimum atomic E-state index is -0.741. The van der Waals surface area contributed by atoms with Gasteiger partial charge in [0.15, 0.2) is 5.82 Å². The van der Waals surface area contributed by atoms with Gasteiger partial charge in [-0.2, -0.15) is 9.97 Å². The Morgan fingerprint density at radius 2 is 1.91 bits per heavy atom. The smallest absolute Gasteiger partial charge is 0.407 e. The van der Waals surface area contributed by atoms with Crippen LogP contribution in [-0.2, 0) is 11.2 Å². The Kier molecular flexibility index (Phi) is 12.6. The predicted molar refractivity (Wildman–Crippen MR) is 218 cm³/mol. The number of nitrogens with zero attached hydrogens (tertiary/aromatic N) is 5. The van der Waals surface area contributed by atoms with Crippen LogP contribution in [0.5, 0.6) is 11.8 Å². The Hall–Kier alpha value is -4.36. The van der Waals surface area contributed by atoms with E-state index in [2.05, 4.69) is 41.0 Å². The Morgan fingerprint density at radius 3 is 2.68 bits per heavy atom. The number of fused-ring (bicyclic) bond motifs is 3. The van der Waals surface area contributed by atoms with Crippen molar-refractivity contribution in [2.75, 3.05) is 37.7 Å². The lowest BCUT2D eigenvalue weighted by Gasteiger charge is -2.34. The Balaban J connectivity index is 1.14. The molecule has 3 aliphatic rings. The summed E-state index contributed by atoms with van der Waals surface area (Å²) in [6.45, 7) is 10.7. The van der Waals surface area contributed by atoms with Gasteiger partial charge in [-0.1, -0.05) is 46.6 Å². The second kappa shape index (κ2) is 17.6. The zero-order valence-electron chi connectivity index (χ0n) is 33.8. The van der Waals surface area contributed by atoms with Crippen molar-refractivity contribution < 1.29 is 33.3 Å². The van der Waals surface area contributed by atoms with E-state index in [1.807, 2.05) is 11.8 Å². The van der Waals surface area contributed by atoms with E-state index in [0.717, 1.165) is 70.8 Å². The summed E-state index contributed by atoms with van der Waals surface area (Å²) in [5.41, 5.74) is 0.266. The number of carbonyl (C=O) groups excluding carboxylic acids is 1. The molecule has 3 aliphatic heterocycles. The number of pyridine rings is 1. The maximum absolute atomic E-state index is 17.0. The molecule has 0 saturated carbocycles. The molecule has 0 radical (unpaired) electrons. The van der Waals surface area contributed by atoms with Crippen LogP contribution in [0.3, 0.4) is 0 Å². The van der Waals surface area contributed by atoms with Gasteiger partial charge in [-0.25, -0.2) is 13.6 Å². The van der Waals surface area contributed by atoms with Gasteiger partial charge in [0, 0.05) is 36.9 Å². The van der Waals surface area contributed by atoms with Crippen molar-refractivity contribution in [2.45, 2.75) is 128 Å². The van der Waals surface area contributed by atoms with Crippen LogP contribution in [0.2, 0.25) is 0 Å². The number of halogens is 2. The predicted octanol–water partition coefficient (Wildman–Crippen LogP) is 8.45. The number of aryl methyl sites for hydroxylation is 1. The first-order valence-electron chi connectivity index (χ1n) is 21.1. The highest BCUT2D eigenvalue weighted by Crippen LogP contribution is 2.44. The summed E-state index contributed by atoms with van der Waals surface area (Å²) in [5.74, 6) is -0.214. The maximum atomic E-state index is 17.0. The van der Waals surface area contributed by atoms with Gasteiger partial charge in [-0.15, -0.1) is 0 Å². The molecule has 13 heteroatoms. The number of aliphatic hydroxyl groups excluding tert-OH is 1. The number of carbonyl (C=O) groups is 1. The number of piperidine rings is 1. The molecule has 11 nitrogen and oxygen atoms in total. The summed E-state index contributed by atoms with van der Waals surface area (Å²) in [4.78, 5) is 31.3. The van der Waals surface area contributed by atoms with Crippen molar-refractivity contribution in [1.29, 1.82) is 0 Å². The van der Waals surface area contributed by atoms with E-state index in [1.165, 1.54) is 24.4 Å². The van der Waals surface area contributed by atoms with Crippen molar-refractivity contribution in [3.63, 3.8) is 0 Å². The molecule has 5 heterocycles. The number of hydrogen-bond acceptors (Lipinski definition) is 10. The monoisotopic (exact) mass is 788 g/mol. The average molecular weight is 789 g/mol. The van der Waals surface area contributed by atoms with E-state index in [-0.39, 0.29) is 58.9 Å².